The number of aromatic nitrogens is 1. The molecule has 0 saturated carbocycles. The van der Waals surface area contributed by atoms with Crippen LogP contribution in [0.25, 0.3) is 0 Å². The van der Waals surface area contributed by atoms with E-state index in [-0.39, 0.29) is 12.0 Å². The first kappa shape index (κ1) is 21.7. The van der Waals surface area contributed by atoms with E-state index in [1.165, 1.54) is 5.56 Å². The molecule has 28 heavy (non-hydrogen) atoms. The second kappa shape index (κ2) is 8.63. The van der Waals surface area contributed by atoms with Crippen molar-refractivity contribution in [3.8, 4) is 0 Å². The van der Waals surface area contributed by atoms with Gasteiger partial charge in [-0.15, -0.1) is 0 Å². The molecule has 0 aliphatic heterocycles. The minimum absolute atomic E-state index is 0.0621. The van der Waals surface area contributed by atoms with Gasteiger partial charge in [0, 0.05) is 12.3 Å². The Balaban J connectivity index is 2.18. The quantitative estimate of drug-likeness (QED) is 0.784. The van der Waals surface area contributed by atoms with Gasteiger partial charge in [-0.1, -0.05) is 52.0 Å². The third kappa shape index (κ3) is 5.47. The number of alkyl halides is 3. The SMILES string of the molecule is CC(C)c1ccc([C@H](NC(=O)Cn2cc(C(F)(F)F)ccc2=O)C(C)C)cc1. The van der Waals surface area contributed by atoms with Gasteiger partial charge in [0.2, 0.25) is 5.91 Å². The lowest BCUT2D eigenvalue weighted by Gasteiger charge is -2.24. The highest BCUT2D eigenvalue weighted by molar-refractivity contribution is 5.76. The maximum atomic E-state index is 12.8. The first-order chi connectivity index (χ1) is 13.0. The van der Waals surface area contributed by atoms with Gasteiger partial charge in [-0.05, 0) is 29.0 Å². The van der Waals surface area contributed by atoms with Crippen molar-refractivity contribution >= 4 is 5.91 Å². The fourth-order valence-corrected chi connectivity index (χ4v) is 2.92. The number of nitrogens with zero attached hydrogens (tertiary/aromatic N) is 1. The van der Waals surface area contributed by atoms with Crippen LogP contribution in [0.15, 0.2) is 47.4 Å². The molecule has 1 N–H and O–H groups in total. The van der Waals surface area contributed by atoms with E-state index in [0.29, 0.717) is 18.2 Å². The van der Waals surface area contributed by atoms with Gasteiger partial charge in [-0.3, -0.25) is 9.59 Å². The van der Waals surface area contributed by atoms with Crippen LogP contribution in [0, 0.1) is 5.92 Å². The van der Waals surface area contributed by atoms with Gasteiger partial charge < -0.3 is 9.88 Å². The number of pyridine rings is 1. The Labute approximate surface area is 162 Å². The zero-order chi connectivity index (χ0) is 21.1. The molecule has 1 aromatic carbocycles. The van der Waals surface area contributed by atoms with Crippen molar-refractivity contribution in [2.45, 2.75) is 52.4 Å². The number of rotatable bonds is 6. The number of benzene rings is 1. The molecule has 7 heteroatoms. The van der Waals surface area contributed by atoms with Crippen molar-refractivity contribution in [3.05, 3.63) is 69.6 Å². The van der Waals surface area contributed by atoms with E-state index in [1.807, 2.05) is 38.1 Å². The number of carbonyl (C=O) groups excluding carboxylic acids is 1. The molecule has 0 bridgehead atoms. The van der Waals surface area contributed by atoms with E-state index in [1.54, 1.807) is 0 Å². The number of halogens is 3. The molecule has 2 aromatic rings. The van der Waals surface area contributed by atoms with Crippen LogP contribution in [0.4, 0.5) is 13.2 Å². The highest BCUT2D eigenvalue weighted by Gasteiger charge is 2.31. The Morgan fingerprint density at radius 3 is 2.07 bits per heavy atom. The summed E-state index contributed by atoms with van der Waals surface area (Å²) >= 11 is 0. The van der Waals surface area contributed by atoms with Crippen LogP contribution in [-0.4, -0.2) is 10.5 Å². The number of carbonyl (C=O) groups is 1. The number of hydrogen-bond donors (Lipinski definition) is 1. The Morgan fingerprint density at radius 1 is 1.00 bits per heavy atom. The van der Waals surface area contributed by atoms with Crippen molar-refractivity contribution in [2.24, 2.45) is 5.92 Å². The van der Waals surface area contributed by atoms with E-state index >= 15 is 0 Å². The highest BCUT2D eigenvalue weighted by atomic mass is 19.4. The topological polar surface area (TPSA) is 51.1 Å². The van der Waals surface area contributed by atoms with Crippen LogP contribution in [0.5, 0.6) is 0 Å². The molecule has 0 aliphatic rings. The molecule has 0 spiro atoms. The summed E-state index contributed by atoms with van der Waals surface area (Å²) in [6, 6.07) is 9.10. The molecular weight excluding hydrogens is 369 g/mol. The van der Waals surface area contributed by atoms with Crippen LogP contribution >= 0.6 is 0 Å². The van der Waals surface area contributed by atoms with Gasteiger partial charge in [0.25, 0.3) is 5.56 Å². The average molecular weight is 394 g/mol. The van der Waals surface area contributed by atoms with Gasteiger partial charge in [-0.25, -0.2) is 0 Å². The van der Waals surface area contributed by atoms with Gasteiger partial charge in [-0.2, -0.15) is 13.2 Å². The number of nitrogens with one attached hydrogen (secondary N) is 1. The predicted molar refractivity (Wildman–Crippen MR) is 102 cm³/mol. The third-order valence-corrected chi connectivity index (χ3v) is 4.57. The van der Waals surface area contributed by atoms with Crippen LogP contribution in [-0.2, 0) is 17.5 Å². The van der Waals surface area contributed by atoms with Crippen molar-refractivity contribution in [3.63, 3.8) is 0 Å². The van der Waals surface area contributed by atoms with Gasteiger partial charge in [0.15, 0.2) is 0 Å². The lowest BCUT2D eigenvalue weighted by atomic mass is 9.93. The van der Waals surface area contributed by atoms with E-state index < -0.39 is 29.8 Å². The molecule has 0 fully saturated rings. The summed E-state index contributed by atoms with van der Waals surface area (Å²) < 4.78 is 39.3. The maximum absolute atomic E-state index is 12.8. The molecule has 0 aliphatic carbocycles. The molecule has 4 nitrogen and oxygen atoms in total. The normalized spacial score (nSPS) is 13.0. The number of hydrogen-bond acceptors (Lipinski definition) is 2. The number of amides is 1. The minimum atomic E-state index is -4.58. The molecule has 1 amide bonds. The second-order valence-electron chi connectivity index (χ2n) is 7.49. The molecule has 0 unspecified atom stereocenters. The largest absolute Gasteiger partial charge is 0.417 e. The maximum Gasteiger partial charge on any atom is 0.417 e. The molecule has 1 aromatic heterocycles. The van der Waals surface area contributed by atoms with E-state index in [0.717, 1.165) is 16.2 Å². The van der Waals surface area contributed by atoms with Gasteiger partial charge in [0.1, 0.15) is 6.54 Å². The fraction of sp³-hybridized carbons (Fsp3) is 0.429. The zero-order valence-corrected chi connectivity index (χ0v) is 16.4. The molecule has 152 valence electrons. The summed E-state index contributed by atoms with van der Waals surface area (Å²) in [4.78, 5) is 24.3. The van der Waals surface area contributed by atoms with E-state index in [4.69, 9.17) is 0 Å². The predicted octanol–water partition coefficient (Wildman–Crippen LogP) is 4.50. The van der Waals surface area contributed by atoms with Crippen molar-refractivity contribution < 1.29 is 18.0 Å². The summed E-state index contributed by atoms with van der Waals surface area (Å²) in [5, 5.41) is 2.84. The molecule has 0 radical (unpaired) electrons. The molecule has 2 rings (SSSR count). The summed E-state index contributed by atoms with van der Waals surface area (Å²) in [5.74, 6) is -0.0749. The summed E-state index contributed by atoms with van der Waals surface area (Å²) in [6.45, 7) is 7.58. The summed E-state index contributed by atoms with van der Waals surface area (Å²) in [7, 11) is 0. The molecule has 0 saturated heterocycles. The molecular formula is C21H25F3N2O2. The van der Waals surface area contributed by atoms with Crippen LogP contribution in [0.2, 0.25) is 0 Å². The van der Waals surface area contributed by atoms with E-state index in [9.17, 15) is 22.8 Å². The second-order valence-corrected chi connectivity index (χ2v) is 7.49. The zero-order valence-electron chi connectivity index (χ0n) is 16.4. The standard InChI is InChI=1S/C21H25F3N2O2/c1-13(2)15-5-7-16(8-6-15)20(14(3)4)25-18(27)12-26-11-17(21(22,23)24)9-10-19(26)28/h5-11,13-14,20H,12H2,1-4H3,(H,25,27)/t20-/m1/s1. The van der Waals surface area contributed by atoms with Crippen LogP contribution in [0.1, 0.15) is 56.3 Å². The Bertz CT molecular complexity index is 868. The molecule has 1 atom stereocenters. The highest BCUT2D eigenvalue weighted by Crippen LogP contribution is 2.28. The minimum Gasteiger partial charge on any atom is -0.347 e. The Hall–Kier alpha value is -2.57. The molecule has 1 heterocycles. The van der Waals surface area contributed by atoms with E-state index in [2.05, 4.69) is 19.2 Å². The van der Waals surface area contributed by atoms with Crippen LogP contribution < -0.4 is 10.9 Å². The monoisotopic (exact) mass is 394 g/mol. The van der Waals surface area contributed by atoms with Gasteiger partial charge >= 0.3 is 6.18 Å². The first-order valence-corrected chi connectivity index (χ1v) is 9.16. The van der Waals surface area contributed by atoms with Gasteiger partial charge in [0.05, 0.1) is 11.6 Å². The Morgan fingerprint density at radius 2 is 1.57 bits per heavy atom. The Kier molecular flexibility index (Phi) is 6.69. The third-order valence-electron chi connectivity index (χ3n) is 4.57. The fourth-order valence-electron chi connectivity index (χ4n) is 2.92. The summed E-state index contributed by atoms with van der Waals surface area (Å²) in [6.07, 6.45) is -3.91. The smallest absolute Gasteiger partial charge is 0.347 e. The lowest BCUT2D eigenvalue weighted by molar-refractivity contribution is -0.138. The average Bonchev–Trinajstić information content (AvgIpc) is 2.60. The van der Waals surface area contributed by atoms with Crippen molar-refractivity contribution in [2.75, 3.05) is 0 Å². The summed E-state index contributed by atoms with van der Waals surface area (Å²) in [5.41, 5.74) is 0.451. The van der Waals surface area contributed by atoms with Crippen molar-refractivity contribution in [1.29, 1.82) is 0 Å². The lowest BCUT2D eigenvalue weighted by Crippen LogP contribution is -2.36. The first-order valence-electron chi connectivity index (χ1n) is 9.16. The van der Waals surface area contributed by atoms with Crippen molar-refractivity contribution in [1.82, 2.24) is 9.88 Å². The van der Waals surface area contributed by atoms with Crippen LogP contribution in [0.3, 0.4) is 0 Å².